The number of carbonyl (C=O) groups excluding carboxylic acids is 1. The maximum Gasteiger partial charge on any atom is 0.416 e. The van der Waals surface area contributed by atoms with E-state index in [0.29, 0.717) is 25.1 Å². The first-order chi connectivity index (χ1) is 18.0. The van der Waals surface area contributed by atoms with E-state index in [4.69, 9.17) is 0 Å². The number of hydrogen-bond donors (Lipinski definition) is 2. The lowest BCUT2D eigenvalue weighted by Gasteiger charge is -2.76. The van der Waals surface area contributed by atoms with E-state index in [-0.39, 0.29) is 39.9 Å². The Kier molecular flexibility index (Phi) is 6.71. The number of phenols is 1. The zero-order chi connectivity index (χ0) is 27.1. The molecular formula is C30H30F4N2O2. The monoisotopic (exact) mass is 526 g/mol. The Bertz CT molecular complexity index is 1300. The third-order valence-corrected chi connectivity index (χ3v) is 8.45. The van der Waals surface area contributed by atoms with Crippen LogP contribution in [0.5, 0.6) is 5.75 Å². The molecule has 1 amide bonds. The maximum absolute atomic E-state index is 13.5. The second-order valence-electron chi connectivity index (χ2n) is 10.9. The fourth-order valence-corrected chi connectivity index (χ4v) is 6.32. The number of hydrogen-bond acceptors (Lipinski definition) is 3. The molecule has 4 nitrogen and oxygen atoms in total. The number of phenolic OH excluding ortho intramolecular Hbond substituents is 1. The summed E-state index contributed by atoms with van der Waals surface area (Å²) < 4.78 is 52.9. The fourth-order valence-electron chi connectivity index (χ4n) is 6.32. The summed E-state index contributed by atoms with van der Waals surface area (Å²) in [5, 5.41) is 13.0. The van der Waals surface area contributed by atoms with Crippen LogP contribution in [-0.4, -0.2) is 35.0 Å². The molecule has 3 aromatic carbocycles. The lowest BCUT2D eigenvalue weighted by molar-refractivity contribution is -0.242. The molecular weight excluding hydrogens is 496 g/mol. The van der Waals surface area contributed by atoms with Crippen molar-refractivity contribution in [1.82, 2.24) is 10.2 Å². The molecule has 2 bridgehead atoms. The standard InChI is InChI=1S/C30H30F4N2O2/c1-36(16-21-5-4-6-22(14-21)30(32,33)34)29-17-28(18-29,19-29)23(13-20-9-11-24(31)12-10-20)15-35-27(38)25-7-2-3-8-26(25)37/h2-12,14,23,37H,13,15-19H2,1H3,(H,35,38)/t23-,28?,29?/m1/s1. The van der Waals surface area contributed by atoms with Crippen molar-refractivity contribution in [2.24, 2.45) is 11.3 Å². The lowest BCUT2D eigenvalue weighted by atomic mass is 9.35. The predicted molar refractivity (Wildman–Crippen MR) is 136 cm³/mol. The van der Waals surface area contributed by atoms with Crippen LogP contribution in [-0.2, 0) is 19.1 Å². The number of aromatic hydroxyl groups is 1. The summed E-state index contributed by atoms with van der Waals surface area (Å²) in [5.74, 6) is -0.651. The van der Waals surface area contributed by atoms with Gasteiger partial charge in [0.25, 0.3) is 5.91 Å². The summed E-state index contributed by atoms with van der Waals surface area (Å²) >= 11 is 0. The summed E-state index contributed by atoms with van der Waals surface area (Å²) in [7, 11) is 1.96. The molecule has 2 N–H and O–H groups in total. The summed E-state index contributed by atoms with van der Waals surface area (Å²) in [4.78, 5) is 14.9. The van der Waals surface area contributed by atoms with Crippen LogP contribution >= 0.6 is 0 Å². The van der Waals surface area contributed by atoms with Gasteiger partial charge in [-0.1, -0.05) is 42.5 Å². The fraction of sp³-hybridized carbons (Fsp3) is 0.367. The minimum absolute atomic E-state index is 0.0114. The van der Waals surface area contributed by atoms with Gasteiger partial charge in [-0.2, -0.15) is 13.2 Å². The highest BCUT2D eigenvalue weighted by Crippen LogP contribution is 2.73. The molecule has 0 saturated heterocycles. The highest BCUT2D eigenvalue weighted by atomic mass is 19.4. The first kappa shape index (κ1) is 26.2. The number of rotatable bonds is 9. The number of carbonyl (C=O) groups is 1. The molecule has 3 fully saturated rings. The van der Waals surface area contributed by atoms with Gasteiger partial charge in [-0.15, -0.1) is 0 Å². The topological polar surface area (TPSA) is 52.6 Å². The van der Waals surface area contributed by atoms with Gasteiger partial charge in [0.1, 0.15) is 11.6 Å². The van der Waals surface area contributed by atoms with Crippen LogP contribution in [0.4, 0.5) is 17.6 Å². The Morgan fingerprint density at radius 1 is 1.00 bits per heavy atom. The van der Waals surface area contributed by atoms with E-state index >= 15 is 0 Å². The Hall–Kier alpha value is -3.39. The van der Waals surface area contributed by atoms with Crippen LogP contribution in [0, 0.1) is 17.2 Å². The molecule has 200 valence electrons. The van der Waals surface area contributed by atoms with Crippen molar-refractivity contribution in [3.8, 4) is 5.75 Å². The zero-order valence-corrected chi connectivity index (χ0v) is 21.1. The molecule has 3 aliphatic carbocycles. The third kappa shape index (κ3) is 5.01. The summed E-state index contributed by atoms with van der Waals surface area (Å²) in [6.07, 6.45) is -1.06. The molecule has 0 aromatic heterocycles. The van der Waals surface area contributed by atoms with Gasteiger partial charge in [-0.05, 0) is 85.5 Å². The minimum Gasteiger partial charge on any atom is -0.507 e. The average molecular weight is 527 g/mol. The van der Waals surface area contributed by atoms with E-state index in [9.17, 15) is 27.5 Å². The summed E-state index contributed by atoms with van der Waals surface area (Å²) in [5.41, 5.74) is 1.09. The summed E-state index contributed by atoms with van der Waals surface area (Å²) in [6, 6.07) is 18.2. The maximum atomic E-state index is 13.5. The van der Waals surface area contributed by atoms with Gasteiger partial charge in [0.2, 0.25) is 0 Å². The lowest BCUT2D eigenvalue weighted by Crippen LogP contribution is -2.76. The predicted octanol–water partition coefficient (Wildman–Crippen LogP) is 6.19. The van der Waals surface area contributed by atoms with Gasteiger partial charge >= 0.3 is 6.18 Å². The number of alkyl halides is 3. The molecule has 0 aliphatic heterocycles. The van der Waals surface area contributed by atoms with Gasteiger partial charge < -0.3 is 10.4 Å². The molecule has 0 unspecified atom stereocenters. The van der Waals surface area contributed by atoms with Gasteiger partial charge in [-0.25, -0.2) is 4.39 Å². The van der Waals surface area contributed by atoms with Gasteiger partial charge in [0.15, 0.2) is 0 Å². The number of benzene rings is 3. The average Bonchev–Trinajstić information content (AvgIpc) is 2.82. The zero-order valence-electron chi connectivity index (χ0n) is 21.1. The summed E-state index contributed by atoms with van der Waals surface area (Å²) in [6.45, 7) is 0.824. The second-order valence-corrected chi connectivity index (χ2v) is 10.9. The first-order valence-electron chi connectivity index (χ1n) is 12.7. The van der Waals surface area contributed by atoms with Crippen molar-refractivity contribution in [2.75, 3.05) is 13.6 Å². The van der Waals surface area contributed by atoms with Crippen molar-refractivity contribution < 1.29 is 27.5 Å². The van der Waals surface area contributed by atoms with Crippen molar-refractivity contribution in [2.45, 2.75) is 43.9 Å². The first-order valence-corrected chi connectivity index (χ1v) is 12.7. The number of amides is 1. The van der Waals surface area contributed by atoms with Crippen molar-refractivity contribution in [1.29, 1.82) is 0 Å². The largest absolute Gasteiger partial charge is 0.507 e. The van der Waals surface area contributed by atoms with E-state index < -0.39 is 11.7 Å². The van der Waals surface area contributed by atoms with Crippen LogP contribution in [0.15, 0.2) is 72.8 Å². The quantitative estimate of drug-likeness (QED) is 0.327. The Labute approximate surface area is 219 Å². The normalized spacial score (nSPS) is 22.9. The van der Waals surface area contributed by atoms with Gasteiger partial charge in [-0.3, -0.25) is 9.69 Å². The van der Waals surface area contributed by atoms with Crippen molar-refractivity contribution in [3.63, 3.8) is 0 Å². The number of para-hydroxylation sites is 1. The number of halogens is 4. The smallest absolute Gasteiger partial charge is 0.416 e. The Morgan fingerprint density at radius 3 is 2.34 bits per heavy atom. The van der Waals surface area contributed by atoms with E-state index in [1.54, 1.807) is 36.4 Å². The molecule has 38 heavy (non-hydrogen) atoms. The molecule has 3 saturated carbocycles. The van der Waals surface area contributed by atoms with Crippen molar-refractivity contribution in [3.05, 3.63) is 101 Å². The molecule has 1 atom stereocenters. The Morgan fingerprint density at radius 2 is 1.68 bits per heavy atom. The van der Waals surface area contributed by atoms with Gasteiger partial charge in [0, 0.05) is 18.6 Å². The van der Waals surface area contributed by atoms with Crippen LogP contribution in [0.1, 0.15) is 46.3 Å². The SMILES string of the molecule is CN(Cc1cccc(C(F)(F)F)c1)C12CC([C@@H](CNC(=O)c3ccccc3O)Cc3ccc(F)cc3)(C1)C2. The molecule has 6 rings (SSSR count). The van der Waals surface area contributed by atoms with E-state index in [0.717, 1.165) is 30.9 Å². The molecule has 3 aromatic rings. The van der Waals surface area contributed by atoms with E-state index in [1.807, 2.05) is 7.05 Å². The van der Waals surface area contributed by atoms with Crippen LogP contribution in [0.2, 0.25) is 0 Å². The molecule has 0 heterocycles. The highest BCUT2D eigenvalue weighted by molar-refractivity contribution is 5.96. The van der Waals surface area contributed by atoms with E-state index in [2.05, 4.69) is 10.2 Å². The van der Waals surface area contributed by atoms with Crippen molar-refractivity contribution >= 4 is 5.91 Å². The van der Waals surface area contributed by atoms with Crippen LogP contribution in [0.25, 0.3) is 0 Å². The van der Waals surface area contributed by atoms with E-state index in [1.165, 1.54) is 30.3 Å². The highest BCUT2D eigenvalue weighted by Gasteiger charge is 2.71. The number of nitrogens with one attached hydrogen (secondary N) is 1. The molecule has 0 spiro atoms. The number of nitrogens with zero attached hydrogens (tertiary/aromatic N) is 1. The second kappa shape index (κ2) is 9.73. The van der Waals surface area contributed by atoms with Gasteiger partial charge in [0.05, 0.1) is 11.1 Å². The molecule has 8 heteroatoms. The Balaban J connectivity index is 1.27. The third-order valence-electron chi connectivity index (χ3n) is 8.45. The molecule has 0 radical (unpaired) electrons. The molecule has 3 aliphatic rings. The van der Waals surface area contributed by atoms with Crippen LogP contribution in [0.3, 0.4) is 0 Å². The minimum atomic E-state index is -4.37. The van der Waals surface area contributed by atoms with Crippen LogP contribution < -0.4 is 5.32 Å².